The van der Waals surface area contributed by atoms with Gasteiger partial charge in [-0.3, -0.25) is 14.5 Å². The van der Waals surface area contributed by atoms with E-state index in [1.165, 1.54) is 0 Å². The number of piperazine rings is 1. The molecule has 2 heterocycles. The van der Waals surface area contributed by atoms with Crippen molar-refractivity contribution in [3.8, 4) is 0 Å². The Hall–Kier alpha value is -0.460. The summed E-state index contributed by atoms with van der Waals surface area (Å²) in [5, 5.41) is 9.13. The normalized spacial score (nSPS) is 19.1. The molecule has 1 aliphatic heterocycles. The second-order valence-corrected chi connectivity index (χ2v) is 4.98. The van der Waals surface area contributed by atoms with E-state index in [1.807, 2.05) is 13.2 Å². The second kappa shape index (κ2) is 5.75. The van der Waals surface area contributed by atoms with Crippen LogP contribution < -0.4 is 0 Å². The van der Waals surface area contributed by atoms with Crippen LogP contribution in [0, 0.1) is 0 Å². The summed E-state index contributed by atoms with van der Waals surface area (Å²) in [5.41, 5.74) is 1.07. The zero-order valence-electron chi connectivity index (χ0n) is 9.64. The van der Waals surface area contributed by atoms with Gasteiger partial charge in [0.1, 0.15) is 0 Å². The van der Waals surface area contributed by atoms with Gasteiger partial charge < -0.3 is 0 Å². The highest BCUT2D eigenvalue weighted by atomic mass is 79.9. The average molecular weight is 288 g/mol. The lowest BCUT2D eigenvalue weighted by molar-refractivity contribution is 0.132. The molecule has 0 saturated carbocycles. The van der Waals surface area contributed by atoms with Crippen LogP contribution in [0.4, 0.5) is 0 Å². The fourth-order valence-corrected chi connectivity index (χ4v) is 2.49. The van der Waals surface area contributed by atoms with Crippen LogP contribution in [0.15, 0.2) is 6.20 Å². The molecule has 0 unspecified atom stereocenters. The molecule has 0 radical (unpaired) electrons. The van der Waals surface area contributed by atoms with E-state index in [0.717, 1.165) is 50.3 Å². The van der Waals surface area contributed by atoms with Crippen molar-refractivity contribution < 1.29 is 0 Å². The van der Waals surface area contributed by atoms with E-state index in [9.17, 15) is 0 Å². The third-order valence-corrected chi connectivity index (χ3v) is 3.26. The largest absolute Gasteiger partial charge is 0.300 e. The van der Waals surface area contributed by atoms with E-state index in [2.05, 4.69) is 36.0 Å². The standard InChI is InChI=1S/C10H18BrN5/c1-14-8-10(12-13-14)9-16-6-4-15(3-2-11)5-7-16/h8H,2-7,9H2,1H3. The molecule has 0 aromatic carbocycles. The van der Waals surface area contributed by atoms with E-state index in [0.29, 0.717) is 0 Å². The second-order valence-electron chi connectivity index (χ2n) is 4.19. The Morgan fingerprint density at radius 1 is 1.25 bits per heavy atom. The molecule has 0 amide bonds. The van der Waals surface area contributed by atoms with Gasteiger partial charge in [-0.15, -0.1) is 5.10 Å². The van der Waals surface area contributed by atoms with Crippen LogP contribution in [-0.2, 0) is 13.6 Å². The molecule has 0 bridgehead atoms. The zero-order valence-corrected chi connectivity index (χ0v) is 11.2. The number of rotatable bonds is 4. The van der Waals surface area contributed by atoms with Crippen molar-refractivity contribution in [2.75, 3.05) is 38.1 Å². The molecule has 0 spiro atoms. The molecule has 5 nitrogen and oxygen atoms in total. The first-order valence-electron chi connectivity index (χ1n) is 5.64. The van der Waals surface area contributed by atoms with Crippen LogP contribution in [0.25, 0.3) is 0 Å². The number of aryl methyl sites for hydroxylation is 1. The van der Waals surface area contributed by atoms with Gasteiger partial charge in [-0.25, -0.2) is 0 Å². The summed E-state index contributed by atoms with van der Waals surface area (Å²) >= 11 is 3.48. The van der Waals surface area contributed by atoms with Crippen molar-refractivity contribution in [1.29, 1.82) is 0 Å². The fraction of sp³-hybridized carbons (Fsp3) is 0.800. The monoisotopic (exact) mass is 287 g/mol. The van der Waals surface area contributed by atoms with E-state index in [1.54, 1.807) is 4.68 Å². The molecule has 2 rings (SSSR count). The molecule has 0 aliphatic carbocycles. The minimum Gasteiger partial charge on any atom is -0.300 e. The molecule has 90 valence electrons. The van der Waals surface area contributed by atoms with Gasteiger partial charge in [-0.2, -0.15) is 0 Å². The maximum absolute atomic E-state index is 4.12. The summed E-state index contributed by atoms with van der Waals surface area (Å²) in [6, 6.07) is 0. The predicted octanol–water partition coefficient (Wildman–Crippen LogP) is 0.328. The van der Waals surface area contributed by atoms with Crippen molar-refractivity contribution in [2.24, 2.45) is 7.05 Å². The number of aromatic nitrogens is 3. The molecule has 0 N–H and O–H groups in total. The maximum Gasteiger partial charge on any atom is 0.0967 e. The van der Waals surface area contributed by atoms with E-state index >= 15 is 0 Å². The van der Waals surface area contributed by atoms with Crippen LogP contribution in [0.2, 0.25) is 0 Å². The molecule has 1 aromatic heterocycles. The molecule has 1 saturated heterocycles. The van der Waals surface area contributed by atoms with Crippen LogP contribution >= 0.6 is 15.9 Å². The molecule has 16 heavy (non-hydrogen) atoms. The van der Waals surface area contributed by atoms with Gasteiger partial charge >= 0.3 is 0 Å². The number of hydrogen-bond donors (Lipinski definition) is 0. The Morgan fingerprint density at radius 2 is 1.94 bits per heavy atom. The van der Waals surface area contributed by atoms with Gasteiger partial charge in [0.15, 0.2) is 0 Å². The molecule has 1 fully saturated rings. The third kappa shape index (κ3) is 3.26. The van der Waals surface area contributed by atoms with Crippen molar-refractivity contribution in [1.82, 2.24) is 24.8 Å². The van der Waals surface area contributed by atoms with Crippen LogP contribution in [0.3, 0.4) is 0 Å². The highest BCUT2D eigenvalue weighted by Gasteiger charge is 2.16. The van der Waals surface area contributed by atoms with Gasteiger partial charge in [-0.1, -0.05) is 21.1 Å². The number of halogens is 1. The molecule has 1 aliphatic rings. The van der Waals surface area contributed by atoms with Gasteiger partial charge in [0, 0.05) is 57.8 Å². The highest BCUT2D eigenvalue weighted by Crippen LogP contribution is 2.06. The van der Waals surface area contributed by atoms with Gasteiger partial charge in [-0.05, 0) is 0 Å². The lowest BCUT2D eigenvalue weighted by Crippen LogP contribution is -2.46. The van der Waals surface area contributed by atoms with Crippen molar-refractivity contribution in [2.45, 2.75) is 6.54 Å². The van der Waals surface area contributed by atoms with Gasteiger partial charge in [0.25, 0.3) is 0 Å². The molecular formula is C10H18BrN5. The quantitative estimate of drug-likeness (QED) is 0.748. The Kier molecular flexibility index (Phi) is 4.31. The van der Waals surface area contributed by atoms with Crippen LogP contribution in [0.5, 0.6) is 0 Å². The highest BCUT2D eigenvalue weighted by molar-refractivity contribution is 9.09. The smallest absolute Gasteiger partial charge is 0.0967 e. The Bertz CT molecular complexity index is 319. The lowest BCUT2D eigenvalue weighted by Gasteiger charge is -2.33. The molecule has 1 aromatic rings. The lowest BCUT2D eigenvalue weighted by atomic mass is 10.3. The predicted molar refractivity (Wildman–Crippen MR) is 66.5 cm³/mol. The SMILES string of the molecule is Cn1cc(CN2CCN(CCBr)CC2)nn1. The summed E-state index contributed by atoms with van der Waals surface area (Å²) in [5.74, 6) is 0. The number of alkyl halides is 1. The van der Waals surface area contributed by atoms with Gasteiger partial charge in [0.2, 0.25) is 0 Å². The zero-order chi connectivity index (χ0) is 11.4. The minimum absolute atomic E-state index is 0.927. The Labute approximate surface area is 105 Å². The van der Waals surface area contributed by atoms with Crippen molar-refractivity contribution in [3.05, 3.63) is 11.9 Å². The first kappa shape index (κ1) is 12.0. The first-order valence-corrected chi connectivity index (χ1v) is 6.76. The van der Waals surface area contributed by atoms with E-state index in [-0.39, 0.29) is 0 Å². The average Bonchev–Trinajstić information content (AvgIpc) is 2.67. The van der Waals surface area contributed by atoms with Crippen molar-refractivity contribution >= 4 is 15.9 Å². The Morgan fingerprint density at radius 3 is 2.50 bits per heavy atom. The van der Waals surface area contributed by atoms with Gasteiger partial charge in [0.05, 0.1) is 5.69 Å². The maximum atomic E-state index is 4.12. The minimum atomic E-state index is 0.927. The van der Waals surface area contributed by atoms with Crippen LogP contribution in [-0.4, -0.2) is 62.8 Å². The number of nitrogens with zero attached hydrogens (tertiary/aromatic N) is 5. The summed E-state index contributed by atoms with van der Waals surface area (Å²) in [4.78, 5) is 4.93. The fourth-order valence-electron chi connectivity index (χ4n) is 1.99. The summed E-state index contributed by atoms with van der Waals surface area (Å²) in [7, 11) is 1.91. The topological polar surface area (TPSA) is 37.2 Å². The summed E-state index contributed by atoms with van der Waals surface area (Å²) < 4.78 is 1.76. The summed E-state index contributed by atoms with van der Waals surface area (Å²) in [6.07, 6.45) is 1.99. The first-order chi connectivity index (χ1) is 7.78. The molecule has 6 heteroatoms. The molecule has 0 atom stereocenters. The van der Waals surface area contributed by atoms with E-state index in [4.69, 9.17) is 0 Å². The molecular weight excluding hydrogens is 270 g/mol. The van der Waals surface area contributed by atoms with E-state index < -0.39 is 0 Å². The number of hydrogen-bond acceptors (Lipinski definition) is 4. The van der Waals surface area contributed by atoms with Crippen LogP contribution in [0.1, 0.15) is 5.69 Å². The van der Waals surface area contributed by atoms with Crippen molar-refractivity contribution in [3.63, 3.8) is 0 Å². The Balaban J connectivity index is 1.77. The summed E-state index contributed by atoms with van der Waals surface area (Å²) in [6.45, 7) is 6.65. The third-order valence-electron chi connectivity index (χ3n) is 2.90.